The molecule has 0 radical (unpaired) electrons. The zero-order valence-electron chi connectivity index (χ0n) is 13.1. The third-order valence-corrected chi connectivity index (χ3v) is 4.22. The quantitative estimate of drug-likeness (QED) is 0.791. The molecular formula is C17H26N2O. The molecule has 3 nitrogen and oxygen atoms in total. The van der Waals surface area contributed by atoms with Crippen molar-refractivity contribution in [1.82, 2.24) is 9.80 Å². The first-order chi connectivity index (χ1) is 9.47. The van der Waals surface area contributed by atoms with Crippen LogP contribution >= 0.6 is 0 Å². The summed E-state index contributed by atoms with van der Waals surface area (Å²) in [6.07, 6.45) is 1.14. The molecule has 20 heavy (non-hydrogen) atoms. The largest absolute Gasteiger partial charge is 0.305 e. The van der Waals surface area contributed by atoms with Gasteiger partial charge in [0.2, 0.25) is 0 Å². The first-order valence-electron chi connectivity index (χ1n) is 7.50. The van der Waals surface area contributed by atoms with Crippen LogP contribution in [0.5, 0.6) is 0 Å². The van der Waals surface area contributed by atoms with Gasteiger partial charge in [0.15, 0.2) is 5.78 Å². The minimum atomic E-state index is 0.252. The molecule has 0 saturated carbocycles. The maximum absolute atomic E-state index is 12.6. The summed E-state index contributed by atoms with van der Waals surface area (Å²) in [6, 6.07) is 6.57. The van der Waals surface area contributed by atoms with Crippen molar-refractivity contribution in [3.63, 3.8) is 0 Å². The van der Waals surface area contributed by atoms with Gasteiger partial charge in [-0.2, -0.15) is 0 Å². The Morgan fingerprint density at radius 2 is 2.05 bits per heavy atom. The Bertz CT molecular complexity index is 484. The first-order valence-corrected chi connectivity index (χ1v) is 7.50. The van der Waals surface area contributed by atoms with Crippen LogP contribution in [0.3, 0.4) is 0 Å². The molecule has 1 aromatic rings. The van der Waals surface area contributed by atoms with Gasteiger partial charge in [-0.15, -0.1) is 0 Å². The molecule has 3 heteroatoms. The Hall–Kier alpha value is -1.19. The second-order valence-corrected chi connectivity index (χ2v) is 6.18. The lowest BCUT2D eigenvalue weighted by atomic mass is 10.0. The van der Waals surface area contributed by atoms with Crippen molar-refractivity contribution >= 4 is 5.78 Å². The molecule has 0 amide bonds. The van der Waals surface area contributed by atoms with Gasteiger partial charge in [0.25, 0.3) is 0 Å². The van der Waals surface area contributed by atoms with E-state index in [9.17, 15) is 4.79 Å². The lowest BCUT2D eigenvalue weighted by Gasteiger charge is -2.27. The molecule has 1 unspecified atom stereocenters. The van der Waals surface area contributed by atoms with E-state index in [-0.39, 0.29) is 5.78 Å². The fourth-order valence-corrected chi connectivity index (χ4v) is 2.96. The fraction of sp³-hybridized carbons (Fsp3) is 0.588. The molecule has 1 aliphatic rings. The molecule has 1 aromatic carbocycles. The maximum Gasteiger partial charge on any atom is 0.177 e. The maximum atomic E-state index is 12.6. The van der Waals surface area contributed by atoms with Gasteiger partial charge in [0, 0.05) is 24.7 Å². The number of Topliss-reactive ketones (excluding diaryl/α,β-unsaturated/α-hetero) is 1. The fourth-order valence-electron chi connectivity index (χ4n) is 2.96. The summed E-state index contributed by atoms with van der Waals surface area (Å²) in [4.78, 5) is 17.3. The van der Waals surface area contributed by atoms with Crippen LogP contribution in [-0.2, 0) is 0 Å². The molecule has 0 bridgehead atoms. The highest BCUT2D eigenvalue weighted by Crippen LogP contribution is 2.14. The number of nitrogens with zero attached hydrogens (tertiary/aromatic N) is 2. The Morgan fingerprint density at radius 1 is 1.30 bits per heavy atom. The average molecular weight is 274 g/mol. The van der Waals surface area contributed by atoms with E-state index in [1.807, 2.05) is 26.0 Å². The summed E-state index contributed by atoms with van der Waals surface area (Å²) < 4.78 is 0. The molecule has 0 aromatic heterocycles. The van der Waals surface area contributed by atoms with Crippen molar-refractivity contribution < 1.29 is 4.79 Å². The minimum Gasteiger partial charge on any atom is -0.305 e. The van der Waals surface area contributed by atoms with Gasteiger partial charge < -0.3 is 4.90 Å². The van der Waals surface area contributed by atoms with Crippen LogP contribution in [0, 0.1) is 13.8 Å². The monoisotopic (exact) mass is 274 g/mol. The van der Waals surface area contributed by atoms with Crippen molar-refractivity contribution in [2.24, 2.45) is 0 Å². The van der Waals surface area contributed by atoms with Crippen molar-refractivity contribution in [1.29, 1.82) is 0 Å². The second-order valence-electron chi connectivity index (χ2n) is 6.18. The molecular weight excluding hydrogens is 248 g/mol. The smallest absolute Gasteiger partial charge is 0.177 e. The zero-order chi connectivity index (χ0) is 14.7. The van der Waals surface area contributed by atoms with Gasteiger partial charge in [-0.3, -0.25) is 9.69 Å². The number of aryl methyl sites for hydroxylation is 2. The van der Waals surface area contributed by atoms with Gasteiger partial charge in [0.1, 0.15) is 0 Å². The van der Waals surface area contributed by atoms with E-state index >= 15 is 0 Å². The van der Waals surface area contributed by atoms with E-state index in [2.05, 4.69) is 29.8 Å². The van der Waals surface area contributed by atoms with Crippen LogP contribution in [0.25, 0.3) is 0 Å². The van der Waals surface area contributed by atoms with E-state index in [1.54, 1.807) is 0 Å². The Kier molecular flexibility index (Phi) is 4.95. The number of hydrogen-bond donors (Lipinski definition) is 0. The van der Waals surface area contributed by atoms with E-state index in [0.29, 0.717) is 12.6 Å². The summed E-state index contributed by atoms with van der Waals surface area (Å²) >= 11 is 0. The van der Waals surface area contributed by atoms with Gasteiger partial charge in [-0.1, -0.05) is 17.7 Å². The molecule has 1 aliphatic heterocycles. The predicted molar refractivity (Wildman–Crippen MR) is 83.4 cm³/mol. The zero-order valence-corrected chi connectivity index (χ0v) is 13.1. The number of carbonyl (C=O) groups excluding carboxylic acids is 1. The number of ketones is 1. The second kappa shape index (κ2) is 6.51. The highest BCUT2D eigenvalue weighted by molar-refractivity contribution is 5.99. The Balaban J connectivity index is 2.08. The summed E-state index contributed by atoms with van der Waals surface area (Å²) in [5, 5.41) is 0. The Labute approximate surface area is 122 Å². The van der Waals surface area contributed by atoms with E-state index in [1.165, 1.54) is 0 Å². The highest BCUT2D eigenvalue weighted by atomic mass is 16.1. The normalized spacial score (nSPS) is 21.7. The lowest BCUT2D eigenvalue weighted by Crippen LogP contribution is -2.41. The molecule has 110 valence electrons. The van der Waals surface area contributed by atoms with Crippen LogP contribution in [0.1, 0.15) is 34.8 Å². The van der Waals surface area contributed by atoms with Crippen LogP contribution in [-0.4, -0.2) is 54.9 Å². The van der Waals surface area contributed by atoms with Crippen molar-refractivity contribution in [2.75, 3.05) is 33.2 Å². The standard InChI is InChI=1S/C17H26N2O/c1-13-6-7-14(2)16(10-13)17(20)12-19-9-5-8-18(4)11-15(19)3/h6-7,10,15H,5,8-9,11-12H2,1-4H3. The molecule has 0 N–H and O–H groups in total. The molecule has 2 rings (SSSR count). The number of benzene rings is 1. The van der Waals surface area contributed by atoms with Crippen LogP contribution in [0.15, 0.2) is 18.2 Å². The first kappa shape index (κ1) is 15.2. The molecule has 1 atom stereocenters. The van der Waals surface area contributed by atoms with E-state index in [0.717, 1.165) is 42.7 Å². The van der Waals surface area contributed by atoms with Gasteiger partial charge >= 0.3 is 0 Å². The molecule has 0 spiro atoms. The van der Waals surface area contributed by atoms with Gasteiger partial charge in [-0.25, -0.2) is 0 Å². The lowest BCUT2D eigenvalue weighted by molar-refractivity contribution is 0.0899. The average Bonchev–Trinajstić information content (AvgIpc) is 2.54. The number of likely N-dealkylation sites (N-methyl/N-ethyl adjacent to an activating group) is 1. The topological polar surface area (TPSA) is 23.6 Å². The van der Waals surface area contributed by atoms with Gasteiger partial charge in [0.05, 0.1) is 6.54 Å². The predicted octanol–water partition coefficient (Wildman–Crippen LogP) is 2.51. The summed E-state index contributed by atoms with van der Waals surface area (Å²) in [6.45, 7) is 10.0. The van der Waals surface area contributed by atoms with Crippen molar-refractivity contribution in [3.8, 4) is 0 Å². The molecule has 1 heterocycles. The third kappa shape index (κ3) is 3.68. The van der Waals surface area contributed by atoms with Crippen LogP contribution in [0.4, 0.5) is 0 Å². The van der Waals surface area contributed by atoms with Gasteiger partial charge in [-0.05, 0) is 52.4 Å². The molecule has 1 fully saturated rings. The minimum absolute atomic E-state index is 0.252. The Morgan fingerprint density at radius 3 is 2.80 bits per heavy atom. The molecule has 0 aliphatic carbocycles. The van der Waals surface area contributed by atoms with Crippen LogP contribution < -0.4 is 0 Å². The highest BCUT2D eigenvalue weighted by Gasteiger charge is 2.22. The van der Waals surface area contributed by atoms with Crippen molar-refractivity contribution in [2.45, 2.75) is 33.2 Å². The molecule has 1 saturated heterocycles. The summed E-state index contributed by atoms with van der Waals surface area (Å²) in [5.41, 5.74) is 3.12. The summed E-state index contributed by atoms with van der Waals surface area (Å²) in [5.74, 6) is 0.252. The SMILES string of the molecule is Cc1ccc(C)c(C(=O)CN2CCCN(C)CC2C)c1. The van der Waals surface area contributed by atoms with E-state index in [4.69, 9.17) is 0 Å². The third-order valence-electron chi connectivity index (χ3n) is 4.22. The van der Waals surface area contributed by atoms with Crippen molar-refractivity contribution in [3.05, 3.63) is 34.9 Å². The number of carbonyl (C=O) groups is 1. The summed E-state index contributed by atoms with van der Waals surface area (Å²) in [7, 11) is 2.16. The van der Waals surface area contributed by atoms with E-state index < -0.39 is 0 Å². The number of hydrogen-bond acceptors (Lipinski definition) is 3. The number of rotatable bonds is 3. The van der Waals surface area contributed by atoms with Crippen LogP contribution in [0.2, 0.25) is 0 Å².